The Bertz CT molecular complexity index is 1420. The molecular weight excluding hydrogens is 550 g/mol. The van der Waals surface area contributed by atoms with Crippen molar-refractivity contribution in [3.05, 3.63) is 36.2 Å². The Kier molecular flexibility index (Phi) is 8.42. The monoisotopic (exact) mass is 584 g/mol. The van der Waals surface area contributed by atoms with Gasteiger partial charge in [-0.05, 0) is 18.6 Å². The van der Waals surface area contributed by atoms with Crippen molar-refractivity contribution in [2.45, 2.75) is 31.7 Å². The molecule has 3 aliphatic rings. The number of ether oxygens (including phenoxy) is 2. The lowest BCUT2D eigenvalue weighted by Gasteiger charge is -2.28. The summed E-state index contributed by atoms with van der Waals surface area (Å²) in [5.74, 6) is 0.679. The van der Waals surface area contributed by atoms with E-state index in [0.717, 1.165) is 0 Å². The molecule has 0 bridgehead atoms. The lowest BCUT2D eigenvalue weighted by atomic mass is 10.2. The average Bonchev–Trinajstić information content (AvgIpc) is 3.66. The maximum Gasteiger partial charge on any atom is 0.296 e. The number of fused-ring (bicyclic) bond motifs is 1. The van der Waals surface area contributed by atoms with E-state index in [0.29, 0.717) is 94.9 Å². The highest BCUT2D eigenvalue weighted by Crippen LogP contribution is 2.29. The number of nitrogens with zero attached hydrogens (tertiary/aromatic N) is 7. The van der Waals surface area contributed by atoms with Crippen LogP contribution in [-0.4, -0.2) is 113 Å². The number of alkyl halides is 2. The van der Waals surface area contributed by atoms with Crippen molar-refractivity contribution in [3.63, 3.8) is 0 Å². The summed E-state index contributed by atoms with van der Waals surface area (Å²) in [5.41, 5.74) is 0.973. The summed E-state index contributed by atoms with van der Waals surface area (Å²) >= 11 is 0. The van der Waals surface area contributed by atoms with Gasteiger partial charge in [0.2, 0.25) is 17.8 Å². The molecule has 3 fully saturated rings. The Morgan fingerprint density at radius 2 is 1.60 bits per heavy atom. The molecule has 0 aliphatic carbocycles. The first-order valence-corrected chi connectivity index (χ1v) is 14.3. The number of likely N-dealkylation sites (tertiary alicyclic amines) is 1. The molecular formula is C28H34F2N8O4. The third kappa shape index (κ3) is 6.14. The molecule has 3 aromatic rings. The molecule has 6 rings (SSSR count). The highest BCUT2D eigenvalue weighted by Gasteiger charge is 2.29. The van der Waals surface area contributed by atoms with Crippen molar-refractivity contribution >= 4 is 34.6 Å². The summed E-state index contributed by atoms with van der Waals surface area (Å²) in [6, 6.07) is 8.51. The van der Waals surface area contributed by atoms with E-state index in [1.54, 1.807) is 40.1 Å². The summed E-state index contributed by atoms with van der Waals surface area (Å²) in [6.07, 6.45) is -1.78. The number of carbonyl (C=O) groups is 2. The molecule has 2 amide bonds. The van der Waals surface area contributed by atoms with Gasteiger partial charge in [0.25, 0.3) is 6.43 Å². The number of morpholine rings is 2. The molecule has 0 saturated carbocycles. The molecule has 5 heterocycles. The maximum absolute atomic E-state index is 14.1. The Morgan fingerprint density at radius 1 is 0.905 bits per heavy atom. The van der Waals surface area contributed by atoms with Gasteiger partial charge in [-0.2, -0.15) is 9.97 Å². The van der Waals surface area contributed by atoms with Crippen molar-refractivity contribution in [2.24, 2.45) is 0 Å². The predicted molar refractivity (Wildman–Crippen MR) is 150 cm³/mol. The molecule has 0 unspecified atom stereocenters. The third-order valence-corrected chi connectivity index (χ3v) is 7.82. The fourth-order valence-electron chi connectivity index (χ4n) is 5.60. The Morgan fingerprint density at radius 3 is 2.33 bits per heavy atom. The summed E-state index contributed by atoms with van der Waals surface area (Å²) in [4.78, 5) is 44.4. The van der Waals surface area contributed by atoms with Crippen LogP contribution >= 0.6 is 0 Å². The minimum absolute atomic E-state index is 0.0279. The first-order valence-electron chi connectivity index (χ1n) is 14.3. The molecule has 0 spiro atoms. The molecule has 2 aromatic heterocycles. The van der Waals surface area contributed by atoms with Crippen LogP contribution in [-0.2, 0) is 19.1 Å². The van der Waals surface area contributed by atoms with Crippen LogP contribution in [0.2, 0.25) is 0 Å². The van der Waals surface area contributed by atoms with E-state index in [2.05, 4.69) is 10.3 Å². The number of nitrogens with one attached hydrogen (secondary N) is 1. The minimum atomic E-state index is -2.81. The van der Waals surface area contributed by atoms with Crippen LogP contribution in [0.25, 0.3) is 16.9 Å². The third-order valence-electron chi connectivity index (χ3n) is 7.82. The van der Waals surface area contributed by atoms with Crippen molar-refractivity contribution in [1.82, 2.24) is 29.3 Å². The highest BCUT2D eigenvalue weighted by molar-refractivity contribution is 5.84. The standard InChI is InChI=1S/C28H34F2N8O4/c29-26(30)27-32-20-3-1-2-4-21(20)38(27)23-17-22(33-28(34-23)36-11-15-42-16-12-36)31-19-7-8-37(18-19)25(40)6-5-24(39)35-9-13-41-14-10-35/h1-4,17,19,26H,5-16,18H2,(H,31,33,34)/t19-/m0/s1. The molecule has 1 atom stereocenters. The van der Waals surface area contributed by atoms with Gasteiger partial charge in [-0.3, -0.25) is 14.2 Å². The molecule has 14 heteroatoms. The number of halogens is 2. The number of amides is 2. The first kappa shape index (κ1) is 28.2. The van der Waals surface area contributed by atoms with Gasteiger partial charge in [0.05, 0.1) is 37.5 Å². The second kappa shape index (κ2) is 12.5. The van der Waals surface area contributed by atoms with E-state index in [-0.39, 0.29) is 36.5 Å². The van der Waals surface area contributed by atoms with E-state index < -0.39 is 12.2 Å². The zero-order valence-electron chi connectivity index (χ0n) is 23.3. The van der Waals surface area contributed by atoms with E-state index in [9.17, 15) is 18.4 Å². The Labute approximate surface area is 241 Å². The molecule has 3 aliphatic heterocycles. The van der Waals surface area contributed by atoms with Gasteiger partial charge in [-0.1, -0.05) is 12.1 Å². The number of para-hydroxylation sites is 2. The normalized spacial score (nSPS) is 19.6. The summed E-state index contributed by atoms with van der Waals surface area (Å²) in [5, 5.41) is 3.41. The second-order valence-corrected chi connectivity index (χ2v) is 10.6. The number of hydrogen-bond donors (Lipinski definition) is 1. The SMILES string of the molecule is O=C(CCC(=O)N1CC[C@H](Nc2cc(-n3c(C(F)F)nc4ccccc43)nc(N3CCOCC3)n2)C1)N1CCOCC1. The highest BCUT2D eigenvalue weighted by atomic mass is 19.3. The smallest absolute Gasteiger partial charge is 0.296 e. The van der Waals surface area contributed by atoms with Gasteiger partial charge in [-0.15, -0.1) is 0 Å². The van der Waals surface area contributed by atoms with E-state index >= 15 is 0 Å². The van der Waals surface area contributed by atoms with Crippen molar-refractivity contribution < 1.29 is 27.8 Å². The molecule has 1 N–H and O–H groups in total. The quantitative estimate of drug-likeness (QED) is 0.425. The second-order valence-electron chi connectivity index (χ2n) is 10.6. The summed E-state index contributed by atoms with van der Waals surface area (Å²) in [6.45, 7) is 5.35. The molecule has 224 valence electrons. The van der Waals surface area contributed by atoms with Gasteiger partial charge < -0.3 is 29.5 Å². The van der Waals surface area contributed by atoms with Crippen LogP contribution in [0, 0.1) is 0 Å². The van der Waals surface area contributed by atoms with Crippen molar-refractivity contribution in [2.75, 3.05) is 75.9 Å². The average molecular weight is 585 g/mol. The maximum atomic E-state index is 14.1. The fraction of sp³-hybridized carbons (Fsp3) is 0.536. The number of aromatic nitrogens is 4. The van der Waals surface area contributed by atoms with Gasteiger partial charge in [0.1, 0.15) is 11.6 Å². The summed E-state index contributed by atoms with van der Waals surface area (Å²) < 4.78 is 40.4. The minimum Gasteiger partial charge on any atom is -0.378 e. The van der Waals surface area contributed by atoms with Crippen molar-refractivity contribution in [3.8, 4) is 5.82 Å². The first-order chi connectivity index (χ1) is 20.5. The van der Waals surface area contributed by atoms with E-state index in [4.69, 9.17) is 19.4 Å². The number of benzene rings is 1. The summed E-state index contributed by atoms with van der Waals surface area (Å²) in [7, 11) is 0. The molecule has 42 heavy (non-hydrogen) atoms. The van der Waals surface area contributed by atoms with E-state index in [1.807, 2.05) is 4.90 Å². The Balaban J connectivity index is 1.20. The lowest BCUT2D eigenvalue weighted by Crippen LogP contribution is -2.41. The topological polar surface area (TPSA) is 118 Å². The van der Waals surface area contributed by atoms with Gasteiger partial charge in [-0.25, -0.2) is 13.8 Å². The van der Waals surface area contributed by atoms with Gasteiger partial charge in [0, 0.05) is 64.2 Å². The Hall–Kier alpha value is -3.91. The van der Waals surface area contributed by atoms with Crippen LogP contribution in [0.1, 0.15) is 31.5 Å². The fourth-order valence-corrected chi connectivity index (χ4v) is 5.60. The van der Waals surface area contributed by atoms with Crippen LogP contribution in [0.5, 0.6) is 0 Å². The van der Waals surface area contributed by atoms with Gasteiger partial charge >= 0.3 is 0 Å². The molecule has 3 saturated heterocycles. The van der Waals surface area contributed by atoms with Crippen LogP contribution in [0.15, 0.2) is 30.3 Å². The number of rotatable bonds is 8. The van der Waals surface area contributed by atoms with Crippen LogP contribution in [0.3, 0.4) is 0 Å². The zero-order valence-corrected chi connectivity index (χ0v) is 23.3. The number of hydrogen-bond acceptors (Lipinski definition) is 9. The lowest BCUT2D eigenvalue weighted by molar-refractivity contribution is -0.139. The molecule has 12 nitrogen and oxygen atoms in total. The number of imidazole rings is 1. The van der Waals surface area contributed by atoms with Crippen LogP contribution in [0.4, 0.5) is 20.5 Å². The molecule has 1 aromatic carbocycles. The molecule has 0 radical (unpaired) electrons. The predicted octanol–water partition coefficient (Wildman–Crippen LogP) is 2.24. The zero-order chi connectivity index (χ0) is 29.1. The van der Waals surface area contributed by atoms with E-state index in [1.165, 1.54) is 4.57 Å². The number of anilines is 2. The number of carbonyl (C=O) groups excluding carboxylic acids is 2. The van der Waals surface area contributed by atoms with Crippen LogP contribution < -0.4 is 10.2 Å². The van der Waals surface area contributed by atoms with Gasteiger partial charge in [0.15, 0.2) is 5.82 Å². The van der Waals surface area contributed by atoms with Crippen molar-refractivity contribution in [1.29, 1.82) is 0 Å². The largest absolute Gasteiger partial charge is 0.378 e.